The maximum Gasteiger partial charge on any atom is 0.0897 e. The van der Waals surface area contributed by atoms with E-state index in [9.17, 15) is 0 Å². The molecule has 3 heteroatoms. The second kappa shape index (κ2) is 7.55. The molecule has 1 aromatic heterocycles. The summed E-state index contributed by atoms with van der Waals surface area (Å²) in [5, 5.41) is 6.96. The Morgan fingerprint density at radius 1 is 1.20 bits per heavy atom. The zero-order chi connectivity index (χ0) is 14.4. The zero-order valence-corrected chi connectivity index (χ0v) is 13.5. The average molecular weight is 288 g/mol. The highest BCUT2D eigenvalue weighted by Gasteiger charge is 2.08. The predicted molar refractivity (Wildman–Crippen MR) is 87.4 cm³/mol. The molecule has 0 spiro atoms. The first-order valence-corrected chi connectivity index (χ1v) is 8.34. The van der Waals surface area contributed by atoms with Gasteiger partial charge in [-0.1, -0.05) is 38.1 Å². The fourth-order valence-electron chi connectivity index (χ4n) is 2.38. The third-order valence-electron chi connectivity index (χ3n) is 3.64. The zero-order valence-electron chi connectivity index (χ0n) is 12.6. The van der Waals surface area contributed by atoms with Gasteiger partial charge in [-0.05, 0) is 30.9 Å². The SMILES string of the molecule is CCc1ccc(C(CC)NCCc2csc(C)n2)cc1. The van der Waals surface area contributed by atoms with Crippen molar-refractivity contribution >= 4 is 11.3 Å². The van der Waals surface area contributed by atoms with Crippen LogP contribution in [0.4, 0.5) is 0 Å². The van der Waals surface area contributed by atoms with Gasteiger partial charge in [0.05, 0.1) is 10.7 Å². The van der Waals surface area contributed by atoms with Gasteiger partial charge in [0.15, 0.2) is 0 Å². The minimum atomic E-state index is 0.445. The summed E-state index contributed by atoms with van der Waals surface area (Å²) in [6.45, 7) is 7.47. The minimum Gasteiger partial charge on any atom is -0.310 e. The fraction of sp³-hybridized carbons (Fsp3) is 0.471. The van der Waals surface area contributed by atoms with E-state index in [-0.39, 0.29) is 0 Å². The Hall–Kier alpha value is -1.19. The molecule has 0 bridgehead atoms. The number of aromatic nitrogens is 1. The van der Waals surface area contributed by atoms with Gasteiger partial charge in [-0.25, -0.2) is 4.98 Å². The summed E-state index contributed by atoms with van der Waals surface area (Å²) in [5.74, 6) is 0. The van der Waals surface area contributed by atoms with Crippen LogP contribution in [-0.4, -0.2) is 11.5 Å². The van der Waals surface area contributed by atoms with Gasteiger partial charge in [0.2, 0.25) is 0 Å². The topological polar surface area (TPSA) is 24.9 Å². The number of thiazole rings is 1. The van der Waals surface area contributed by atoms with Gasteiger partial charge >= 0.3 is 0 Å². The molecule has 1 N–H and O–H groups in total. The first kappa shape index (κ1) is 15.2. The lowest BCUT2D eigenvalue weighted by molar-refractivity contribution is 0.521. The Morgan fingerprint density at radius 3 is 2.50 bits per heavy atom. The Morgan fingerprint density at radius 2 is 1.95 bits per heavy atom. The highest BCUT2D eigenvalue weighted by atomic mass is 32.1. The van der Waals surface area contributed by atoms with Crippen LogP contribution in [0, 0.1) is 6.92 Å². The summed E-state index contributed by atoms with van der Waals surface area (Å²) in [5.41, 5.74) is 4.00. The molecule has 2 aromatic rings. The summed E-state index contributed by atoms with van der Waals surface area (Å²) < 4.78 is 0. The van der Waals surface area contributed by atoms with Crippen LogP contribution in [-0.2, 0) is 12.8 Å². The lowest BCUT2D eigenvalue weighted by Gasteiger charge is -2.17. The van der Waals surface area contributed by atoms with E-state index in [1.807, 2.05) is 0 Å². The molecular weight excluding hydrogens is 264 g/mol. The Kier molecular flexibility index (Phi) is 5.74. The van der Waals surface area contributed by atoms with Crippen molar-refractivity contribution in [2.24, 2.45) is 0 Å². The fourth-order valence-corrected chi connectivity index (χ4v) is 3.03. The van der Waals surface area contributed by atoms with Gasteiger partial charge in [-0.3, -0.25) is 0 Å². The predicted octanol–water partition coefficient (Wildman–Crippen LogP) is 4.30. The highest BCUT2D eigenvalue weighted by molar-refractivity contribution is 7.09. The molecule has 1 aromatic carbocycles. The Balaban J connectivity index is 1.88. The molecule has 0 saturated heterocycles. The molecule has 0 aliphatic carbocycles. The van der Waals surface area contributed by atoms with Gasteiger partial charge in [-0.2, -0.15) is 0 Å². The molecule has 0 aliphatic heterocycles. The molecular formula is C17H24N2S. The lowest BCUT2D eigenvalue weighted by Crippen LogP contribution is -2.23. The van der Waals surface area contributed by atoms with E-state index < -0.39 is 0 Å². The van der Waals surface area contributed by atoms with Crippen LogP contribution in [0.25, 0.3) is 0 Å². The molecule has 0 fully saturated rings. The van der Waals surface area contributed by atoms with Crippen molar-refractivity contribution in [2.45, 2.75) is 46.1 Å². The van der Waals surface area contributed by atoms with Crippen LogP contribution in [0.2, 0.25) is 0 Å². The number of hydrogen-bond donors (Lipinski definition) is 1. The number of nitrogens with zero attached hydrogens (tertiary/aromatic N) is 1. The molecule has 0 radical (unpaired) electrons. The van der Waals surface area contributed by atoms with Gasteiger partial charge in [0.25, 0.3) is 0 Å². The van der Waals surface area contributed by atoms with E-state index >= 15 is 0 Å². The third-order valence-corrected chi connectivity index (χ3v) is 4.46. The van der Waals surface area contributed by atoms with Crippen molar-refractivity contribution < 1.29 is 0 Å². The van der Waals surface area contributed by atoms with Crippen LogP contribution in [0.1, 0.15) is 48.1 Å². The summed E-state index contributed by atoms with van der Waals surface area (Å²) in [4.78, 5) is 4.51. The standard InChI is InChI=1S/C17H24N2S/c1-4-14-6-8-15(9-7-14)17(5-2)18-11-10-16-12-20-13(3)19-16/h6-9,12,17-18H,4-5,10-11H2,1-3H3. The third kappa shape index (κ3) is 4.15. The number of rotatable bonds is 7. The normalized spacial score (nSPS) is 12.6. The second-order valence-corrected chi connectivity index (χ2v) is 6.18. The van der Waals surface area contributed by atoms with E-state index in [4.69, 9.17) is 0 Å². The van der Waals surface area contributed by atoms with Crippen molar-refractivity contribution in [2.75, 3.05) is 6.54 Å². The molecule has 0 aliphatic rings. The molecule has 20 heavy (non-hydrogen) atoms. The number of nitrogens with one attached hydrogen (secondary N) is 1. The maximum atomic E-state index is 4.51. The number of aryl methyl sites for hydroxylation is 2. The van der Waals surface area contributed by atoms with Crippen molar-refractivity contribution in [1.29, 1.82) is 0 Å². The first-order chi connectivity index (χ1) is 9.72. The summed E-state index contributed by atoms with van der Waals surface area (Å²) >= 11 is 1.73. The molecule has 0 saturated carbocycles. The average Bonchev–Trinajstić information content (AvgIpc) is 2.89. The minimum absolute atomic E-state index is 0.445. The molecule has 0 amide bonds. The van der Waals surface area contributed by atoms with Gasteiger partial charge in [-0.15, -0.1) is 11.3 Å². The van der Waals surface area contributed by atoms with Gasteiger partial charge in [0, 0.05) is 24.4 Å². The summed E-state index contributed by atoms with van der Waals surface area (Å²) in [6.07, 6.45) is 3.23. The highest BCUT2D eigenvalue weighted by Crippen LogP contribution is 2.17. The smallest absolute Gasteiger partial charge is 0.0897 e. The van der Waals surface area contributed by atoms with Crippen molar-refractivity contribution in [3.8, 4) is 0 Å². The second-order valence-electron chi connectivity index (χ2n) is 5.12. The summed E-state index contributed by atoms with van der Waals surface area (Å²) in [6, 6.07) is 9.44. The van der Waals surface area contributed by atoms with Gasteiger partial charge in [0.1, 0.15) is 0 Å². The van der Waals surface area contributed by atoms with E-state index in [1.54, 1.807) is 11.3 Å². The van der Waals surface area contributed by atoms with Crippen LogP contribution >= 0.6 is 11.3 Å². The lowest BCUT2D eigenvalue weighted by atomic mass is 10.0. The Bertz CT molecular complexity index is 516. The van der Waals surface area contributed by atoms with Gasteiger partial charge < -0.3 is 5.32 Å². The number of hydrogen-bond acceptors (Lipinski definition) is 3. The van der Waals surface area contributed by atoms with Crippen LogP contribution in [0.15, 0.2) is 29.6 Å². The number of benzene rings is 1. The van der Waals surface area contributed by atoms with E-state index in [0.717, 1.165) is 30.8 Å². The maximum absolute atomic E-state index is 4.51. The van der Waals surface area contributed by atoms with E-state index in [0.29, 0.717) is 6.04 Å². The van der Waals surface area contributed by atoms with E-state index in [1.165, 1.54) is 16.8 Å². The van der Waals surface area contributed by atoms with Crippen molar-refractivity contribution in [3.63, 3.8) is 0 Å². The van der Waals surface area contributed by atoms with Crippen LogP contribution in [0.3, 0.4) is 0 Å². The van der Waals surface area contributed by atoms with E-state index in [2.05, 4.69) is 60.7 Å². The van der Waals surface area contributed by atoms with Crippen molar-refractivity contribution in [1.82, 2.24) is 10.3 Å². The monoisotopic (exact) mass is 288 g/mol. The molecule has 1 atom stereocenters. The first-order valence-electron chi connectivity index (χ1n) is 7.46. The van der Waals surface area contributed by atoms with Crippen molar-refractivity contribution in [3.05, 3.63) is 51.5 Å². The Labute approximate surface area is 126 Å². The van der Waals surface area contributed by atoms with Crippen LogP contribution < -0.4 is 5.32 Å². The largest absolute Gasteiger partial charge is 0.310 e. The molecule has 108 valence electrons. The molecule has 2 rings (SSSR count). The summed E-state index contributed by atoms with van der Waals surface area (Å²) in [7, 11) is 0. The molecule has 1 unspecified atom stereocenters. The molecule has 1 heterocycles. The molecule has 2 nitrogen and oxygen atoms in total. The quantitative estimate of drug-likeness (QED) is 0.821. The van der Waals surface area contributed by atoms with Crippen LogP contribution in [0.5, 0.6) is 0 Å².